The maximum absolute atomic E-state index is 12.5. The first-order chi connectivity index (χ1) is 14.8. The number of aromatic nitrogens is 1. The Morgan fingerprint density at radius 3 is 2.52 bits per heavy atom. The van der Waals surface area contributed by atoms with Gasteiger partial charge in [0.15, 0.2) is 10.7 Å². The van der Waals surface area contributed by atoms with Crippen LogP contribution in [0.15, 0.2) is 63.5 Å². The van der Waals surface area contributed by atoms with Gasteiger partial charge in [0.1, 0.15) is 5.52 Å². The number of carbonyl (C=O) groups is 1. The van der Waals surface area contributed by atoms with Crippen LogP contribution in [-0.4, -0.2) is 16.0 Å². The minimum Gasteiger partial charge on any atom is -0.436 e. The van der Waals surface area contributed by atoms with E-state index in [1.54, 1.807) is 12.1 Å². The number of oxazole rings is 1. The van der Waals surface area contributed by atoms with E-state index in [0.717, 1.165) is 33.5 Å². The molecule has 4 rings (SSSR count). The van der Waals surface area contributed by atoms with Crippen molar-refractivity contribution >= 4 is 56.0 Å². The van der Waals surface area contributed by atoms with E-state index in [2.05, 4.69) is 38.5 Å². The maximum Gasteiger partial charge on any atom is 0.258 e. The predicted molar refractivity (Wildman–Crippen MR) is 131 cm³/mol. The molecule has 5 nitrogen and oxygen atoms in total. The van der Waals surface area contributed by atoms with Gasteiger partial charge < -0.3 is 9.73 Å². The van der Waals surface area contributed by atoms with Crippen LogP contribution in [0.4, 0.5) is 5.69 Å². The summed E-state index contributed by atoms with van der Waals surface area (Å²) in [6.45, 7) is 6.07. The number of carbonyl (C=O) groups excluding carboxylic acids is 1. The van der Waals surface area contributed by atoms with E-state index in [1.165, 1.54) is 5.56 Å². The van der Waals surface area contributed by atoms with E-state index < -0.39 is 0 Å². The van der Waals surface area contributed by atoms with Crippen molar-refractivity contribution in [3.8, 4) is 11.5 Å². The Morgan fingerprint density at radius 1 is 1.00 bits per heavy atom. The van der Waals surface area contributed by atoms with Crippen LogP contribution in [0.25, 0.3) is 22.6 Å². The summed E-state index contributed by atoms with van der Waals surface area (Å²) in [5.41, 5.74) is 6.98. The van der Waals surface area contributed by atoms with Crippen molar-refractivity contribution in [3.05, 3.63) is 81.3 Å². The van der Waals surface area contributed by atoms with Crippen LogP contribution in [0, 0.1) is 20.8 Å². The van der Waals surface area contributed by atoms with Crippen molar-refractivity contribution < 1.29 is 9.21 Å². The van der Waals surface area contributed by atoms with Gasteiger partial charge >= 0.3 is 0 Å². The zero-order chi connectivity index (χ0) is 22.1. The van der Waals surface area contributed by atoms with Crippen molar-refractivity contribution in [2.24, 2.45) is 0 Å². The lowest BCUT2D eigenvalue weighted by Gasteiger charge is -2.13. The van der Waals surface area contributed by atoms with Gasteiger partial charge in [-0.1, -0.05) is 18.2 Å². The molecule has 0 saturated carbocycles. The SMILES string of the molecule is Cc1cc2nc(-c3ccc(C)c(NC(=S)NC(=O)c4ccccc4Br)c3)oc2cc1C. The van der Waals surface area contributed by atoms with Gasteiger partial charge in [-0.2, -0.15) is 0 Å². The van der Waals surface area contributed by atoms with Crippen LogP contribution in [0.3, 0.4) is 0 Å². The van der Waals surface area contributed by atoms with Gasteiger partial charge in [-0.05, 0) is 102 Å². The summed E-state index contributed by atoms with van der Waals surface area (Å²) < 4.78 is 6.68. The number of aryl methyl sites for hydroxylation is 3. The summed E-state index contributed by atoms with van der Waals surface area (Å²) in [4.78, 5) is 17.1. The summed E-state index contributed by atoms with van der Waals surface area (Å²) in [6, 6.07) is 17.0. The topological polar surface area (TPSA) is 67.2 Å². The fourth-order valence-electron chi connectivity index (χ4n) is 3.16. The van der Waals surface area contributed by atoms with Crippen LogP contribution >= 0.6 is 28.1 Å². The van der Waals surface area contributed by atoms with Crippen molar-refractivity contribution in [3.63, 3.8) is 0 Å². The number of nitrogens with one attached hydrogen (secondary N) is 2. The molecule has 31 heavy (non-hydrogen) atoms. The summed E-state index contributed by atoms with van der Waals surface area (Å²) in [5, 5.41) is 6.04. The highest BCUT2D eigenvalue weighted by Gasteiger charge is 2.14. The minimum absolute atomic E-state index is 0.213. The highest BCUT2D eigenvalue weighted by Crippen LogP contribution is 2.29. The van der Waals surface area contributed by atoms with E-state index >= 15 is 0 Å². The van der Waals surface area contributed by atoms with Crippen molar-refractivity contribution in [1.29, 1.82) is 0 Å². The fourth-order valence-corrected chi connectivity index (χ4v) is 3.83. The van der Waals surface area contributed by atoms with E-state index in [-0.39, 0.29) is 11.0 Å². The molecule has 0 spiro atoms. The first-order valence-corrected chi connectivity index (χ1v) is 10.9. The number of thiocarbonyl (C=S) groups is 1. The van der Waals surface area contributed by atoms with Gasteiger partial charge in [0, 0.05) is 15.7 Å². The number of hydrogen-bond donors (Lipinski definition) is 2. The molecule has 7 heteroatoms. The Kier molecular flexibility index (Phi) is 5.89. The van der Waals surface area contributed by atoms with E-state index in [1.807, 2.05) is 56.3 Å². The second-order valence-electron chi connectivity index (χ2n) is 7.34. The summed E-state index contributed by atoms with van der Waals surface area (Å²) >= 11 is 8.74. The summed E-state index contributed by atoms with van der Waals surface area (Å²) in [5.74, 6) is 0.245. The average molecular weight is 494 g/mol. The lowest BCUT2D eigenvalue weighted by Crippen LogP contribution is -2.34. The first kappa shape index (κ1) is 21.2. The van der Waals surface area contributed by atoms with Gasteiger partial charge in [0.2, 0.25) is 5.89 Å². The summed E-state index contributed by atoms with van der Waals surface area (Å²) in [7, 11) is 0. The molecule has 0 atom stereocenters. The molecule has 0 fully saturated rings. The van der Waals surface area contributed by atoms with Gasteiger partial charge in [-0.3, -0.25) is 10.1 Å². The third-order valence-corrected chi connectivity index (χ3v) is 5.98. The Balaban J connectivity index is 1.56. The quantitative estimate of drug-likeness (QED) is 0.327. The number of fused-ring (bicyclic) bond motifs is 1. The van der Waals surface area contributed by atoms with Crippen LogP contribution in [0.1, 0.15) is 27.0 Å². The highest BCUT2D eigenvalue weighted by atomic mass is 79.9. The molecule has 1 heterocycles. The lowest BCUT2D eigenvalue weighted by molar-refractivity contribution is 0.0977. The first-order valence-electron chi connectivity index (χ1n) is 9.67. The van der Waals surface area contributed by atoms with Crippen LogP contribution in [0.5, 0.6) is 0 Å². The number of nitrogens with zero attached hydrogens (tertiary/aromatic N) is 1. The van der Waals surface area contributed by atoms with Crippen molar-refractivity contribution in [2.75, 3.05) is 5.32 Å². The van der Waals surface area contributed by atoms with Gasteiger partial charge in [0.25, 0.3) is 5.91 Å². The molecule has 1 amide bonds. The number of benzene rings is 3. The molecule has 4 aromatic rings. The zero-order valence-electron chi connectivity index (χ0n) is 17.2. The standard InChI is InChI=1S/C24H20BrN3O2S/c1-13-8-9-16(23-26-20-10-14(2)15(3)11-21(20)30-23)12-19(13)27-24(31)28-22(29)17-6-4-5-7-18(17)25/h4-12H,1-3H3,(H2,27,28,29,31). The number of amides is 1. The molecule has 2 N–H and O–H groups in total. The normalized spacial score (nSPS) is 10.8. The average Bonchev–Trinajstić information content (AvgIpc) is 3.12. The monoisotopic (exact) mass is 493 g/mol. The van der Waals surface area contributed by atoms with E-state index in [4.69, 9.17) is 16.6 Å². The smallest absolute Gasteiger partial charge is 0.258 e. The lowest BCUT2D eigenvalue weighted by atomic mass is 10.1. The minimum atomic E-state index is -0.288. The number of rotatable bonds is 3. The third kappa shape index (κ3) is 4.52. The molecule has 156 valence electrons. The highest BCUT2D eigenvalue weighted by molar-refractivity contribution is 9.10. The molecule has 0 aliphatic carbocycles. The second kappa shape index (κ2) is 8.61. The Hall–Kier alpha value is -3.03. The third-order valence-electron chi connectivity index (χ3n) is 5.08. The Labute approximate surface area is 194 Å². The number of anilines is 1. The second-order valence-corrected chi connectivity index (χ2v) is 8.60. The predicted octanol–water partition coefficient (Wildman–Crippen LogP) is 6.31. The van der Waals surface area contributed by atoms with Crippen LogP contribution < -0.4 is 10.6 Å². The maximum atomic E-state index is 12.5. The van der Waals surface area contributed by atoms with E-state index in [9.17, 15) is 4.79 Å². The fraction of sp³-hybridized carbons (Fsp3) is 0.125. The van der Waals surface area contributed by atoms with Crippen molar-refractivity contribution in [1.82, 2.24) is 10.3 Å². The molecule has 0 radical (unpaired) electrons. The molecule has 0 unspecified atom stereocenters. The van der Waals surface area contributed by atoms with E-state index in [0.29, 0.717) is 15.9 Å². The molecule has 0 saturated heterocycles. The van der Waals surface area contributed by atoms with Crippen LogP contribution in [0.2, 0.25) is 0 Å². The van der Waals surface area contributed by atoms with Gasteiger partial charge in [-0.25, -0.2) is 4.98 Å². The molecular weight excluding hydrogens is 474 g/mol. The molecule has 1 aromatic heterocycles. The largest absolute Gasteiger partial charge is 0.436 e. The van der Waals surface area contributed by atoms with Gasteiger partial charge in [-0.15, -0.1) is 0 Å². The summed E-state index contributed by atoms with van der Waals surface area (Å²) in [6.07, 6.45) is 0. The molecule has 0 aliphatic heterocycles. The van der Waals surface area contributed by atoms with Crippen molar-refractivity contribution in [2.45, 2.75) is 20.8 Å². The zero-order valence-corrected chi connectivity index (χ0v) is 19.6. The number of hydrogen-bond acceptors (Lipinski definition) is 4. The van der Waals surface area contributed by atoms with Gasteiger partial charge in [0.05, 0.1) is 5.56 Å². The molecule has 3 aromatic carbocycles. The number of halogens is 1. The Morgan fingerprint density at radius 2 is 1.74 bits per heavy atom. The van der Waals surface area contributed by atoms with Crippen LogP contribution in [-0.2, 0) is 0 Å². The Bertz CT molecular complexity index is 1290. The molecule has 0 aliphatic rings. The molecular formula is C24H20BrN3O2S. The molecule has 0 bridgehead atoms.